The van der Waals surface area contributed by atoms with E-state index in [1.54, 1.807) is 0 Å². The second kappa shape index (κ2) is 76.4. The van der Waals surface area contributed by atoms with E-state index in [2.05, 4.69) is 41.5 Å². The van der Waals surface area contributed by atoms with Crippen LogP contribution in [-0.2, 0) is 65.4 Å². The maximum absolute atomic E-state index is 13.1. The smallest absolute Gasteiger partial charge is 0.462 e. The van der Waals surface area contributed by atoms with Crippen molar-refractivity contribution >= 4 is 39.5 Å². The molecule has 19 heteroatoms. The summed E-state index contributed by atoms with van der Waals surface area (Å²) in [5.41, 5.74) is 0. The van der Waals surface area contributed by atoms with Crippen molar-refractivity contribution in [3.63, 3.8) is 0 Å². The number of aliphatic hydroxyl groups is 1. The Balaban J connectivity index is 5.22. The van der Waals surface area contributed by atoms with E-state index in [4.69, 9.17) is 37.0 Å². The number of phosphoric acid groups is 2. The number of rotatable bonds is 84. The number of carbonyl (C=O) groups excluding carboxylic acids is 4. The van der Waals surface area contributed by atoms with Crippen molar-refractivity contribution in [2.24, 2.45) is 11.8 Å². The molecular formula is C85H166O17P2. The predicted molar refractivity (Wildman–Crippen MR) is 428 cm³/mol. The number of ether oxygens (including phenoxy) is 4. The molecule has 104 heavy (non-hydrogen) atoms. The molecule has 0 aliphatic rings. The highest BCUT2D eigenvalue weighted by atomic mass is 31.2. The van der Waals surface area contributed by atoms with Gasteiger partial charge in [-0.15, -0.1) is 0 Å². The molecule has 0 radical (unpaired) electrons. The van der Waals surface area contributed by atoms with Crippen molar-refractivity contribution in [3.8, 4) is 0 Å². The lowest BCUT2D eigenvalue weighted by atomic mass is 10.0. The molecule has 0 spiro atoms. The molecule has 2 unspecified atom stereocenters. The van der Waals surface area contributed by atoms with E-state index < -0.39 is 97.5 Å². The van der Waals surface area contributed by atoms with Gasteiger partial charge in [0.2, 0.25) is 0 Å². The fourth-order valence-corrected chi connectivity index (χ4v) is 14.8. The van der Waals surface area contributed by atoms with Gasteiger partial charge in [-0.05, 0) is 37.5 Å². The Morgan fingerprint density at radius 2 is 0.442 bits per heavy atom. The van der Waals surface area contributed by atoms with E-state index in [1.165, 1.54) is 263 Å². The summed E-state index contributed by atoms with van der Waals surface area (Å²) in [4.78, 5) is 73.2. The van der Waals surface area contributed by atoms with E-state index in [-0.39, 0.29) is 25.7 Å². The number of unbranched alkanes of at least 4 members (excludes halogenated alkanes) is 54. The first-order chi connectivity index (χ1) is 50.4. The standard InChI is InChI=1S/C85H166O17P2/c1-7-9-11-13-15-17-19-21-23-25-26-27-28-30-32-36-40-44-50-57-63-69-84(89)101-80(73-95-82(87)67-61-55-49-43-39-35-31-29-24-22-20-18-16-14-12-10-8-2)75-99-103(91,92)97-71-79(86)72-98-104(93,94)100-76-81(74-96-83(88)68-62-56-52-46-48-54-60-66-78(5)6)102-85(90)70-64-58-51-45-41-37-33-34-38-42-47-53-59-65-77(3)4/h77-81,86H,7-76H2,1-6H3,(H,91,92)(H,93,94)/t79-,80-,81-/m1/s1. The molecule has 0 saturated carbocycles. The van der Waals surface area contributed by atoms with Crippen molar-refractivity contribution in [2.75, 3.05) is 39.6 Å². The van der Waals surface area contributed by atoms with Crippen LogP contribution in [0.3, 0.4) is 0 Å². The fraction of sp³-hybridized carbons (Fsp3) is 0.953. The van der Waals surface area contributed by atoms with Crippen molar-refractivity contribution in [3.05, 3.63) is 0 Å². The Morgan fingerprint density at radius 1 is 0.260 bits per heavy atom. The second-order valence-electron chi connectivity index (χ2n) is 31.5. The van der Waals surface area contributed by atoms with Gasteiger partial charge in [0.05, 0.1) is 26.4 Å². The first-order valence-electron chi connectivity index (χ1n) is 44.0. The molecule has 0 aliphatic heterocycles. The summed E-state index contributed by atoms with van der Waals surface area (Å²) in [6.07, 6.45) is 68.2. The van der Waals surface area contributed by atoms with Crippen LogP contribution >= 0.6 is 15.6 Å². The zero-order valence-corrected chi connectivity index (χ0v) is 70.1. The molecule has 0 rings (SSSR count). The molecular weight excluding hydrogens is 1350 g/mol. The molecule has 0 aromatic rings. The lowest BCUT2D eigenvalue weighted by Crippen LogP contribution is -2.30. The summed E-state index contributed by atoms with van der Waals surface area (Å²) >= 11 is 0. The second-order valence-corrected chi connectivity index (χ2v) is 34.4. The van der Waals surface area contributed by atoms with Crippen LogP contribution < -0.4 is 0 Å². The summed E-state index contributed by atoms with van der Waals surface area (Å²) in [6, 6.07) is 0. The van der Waals surface area contributed by atoms with Gasteiger partial charge in [-0.2, -0.15) is 0 Å². The van der Waals surface area contributed by atoms with Gasteiger partial charge in [0.25, 0.3) is 0 Å². The van der Waals surface area contributed by atoms with Gasteiger partial charge in [0.15, 0.2) is 12.2 Å². The highest BCUT2D eigenvalue weighted by Gasteiger charge is 2.30. The minimum Gasteiger partial charge on any atom is -0.462 e. The van der Waals surface area contributed by atoms with Gasteiger partial charge in [-0.3, -0.25) is 37.3 Å². The molecule has 0 amide bonds. The number of hydrogen-bond donors (Lipinski definition) is 3. The minimum atomic E-state index is -4.96. The quantitative estimate of drug-likeness (QED) is 0.0222. The molecule has 17 nitrogen and oxygen atoms in total. The zero-order chi connectivity index (χ0) is 76.4. The van der Waals surface area contributed by atoms with Crippen LogP contribution in [0.25, 0.3) is 0 Å². The maximum Gasteiger partial charge on any atom is 0.472 e. The van der Waals surface area contributed by atoms with Gasteiger partial charge in [0, 0.05) is 25.7 Å². The van der Waals surface area contributed by atoms with E-state index >= 15 is 0 Å². The lowest BCUT2D eigenvalue weighted by Gasteiger charge is -2.21. The van der Waals surface area contributed by atoms with E-state index in [0.29, 0.717) is 31.6 Å². The van der Waals surface area contributed by atoms with Gasteiger partial charge >= 0.3 is 39.5 Å². The van der Waals surface area contributed by atoms with Gasteiger partial charge in [0.1, 0.15) is 19.3 Å². The Hall–Kier alpha value is -1.94. The van der Waals surface area contributed by atoms with Crippen LogP contribution in [0.2, 0.25) is 0 Å². The molecule has 618 valence electrons. The number of carbonyl (C=O) groups is 4. The topological polar surface area (TPSA) is 237 Å². The number of aliphatic hydroxyl groups excluding tert-OH is 1. The monoisotopic (exact) mass is 1520 g/mol. The normalized spacial score (nSPS) is 13.8. The fourth-order valence-electron chi connectivity index (χ4n) is 13.2. The molecule has 0 fully saturated rings. The number of hydrogen-bond acceptors (Lipinski definition) is 15. The summed E-state index contributed by atoms with van der Waals surface area (Å²) in [6.45, 7) is 9.62. The van der Waals surface area contributed by atoms with Gasteiger partial charge in [-0.1, -0.05) is 401 Å². The Kier molecular flexibility index (Phi) is 75.0. The molecule has 5 atom stereocenters. The lowest BCUT2D eigenvalue weighted by molar-refractivity contribution is -0.161. The third-order valence-corrected chi connectivity index (χ3v) is 21.9. The van der Waals surface area contributed by atoms with Crippen molar-refractivity contribution in [1.29, 1.82) is 0 Å². The minimum absolute atomic E-state index is 0.107. The Bertz CT molecular complexity index is 1990. The highest BCUT2D eigenvalue weighted by molar-refractivity contribution is 7.47. The average Bonchev–Trinajstić information content (AvgIpc) is 0.924. The van der Waals surface area contributed by atoms with Crippen molar-refractivity contribution in [1.82, 2.24) is 0 Å². The van der Waals surface area contributed by atoms with Crippen molar-refractivity contribution < 1.29 is 80.2 Å². The van der Waals surface area contributed by atoms with E-state index in [9.17, 15) is 43.2 Å². The molecule has 0 bridgehead atoms. The van der Waals surface area contributed by atoms with Crippen LogP contribution in [0.15, 0.2) is 0 Å². The first kappa shape index (κ1) is 102. The molecule has 0 saturated heterocycles. The molecule has 0 aliphatic carbocycles. The average molecular weight is 1520 g/mol. The summed E-state index contributed by atoms with van der Waals surface area (Å²) < 4.78 is 68.8. The zero-order valence-electron chi connectivity index (χ0n) is 68.3. The molecule has 3 N–H and O–H groups in total. The third-order valence-electron chi connectivity index (χ3n) is 20.0. The molecule has 0 aromatic heterocycles. The Labute approximate surface area is 638 Å². The maximum atomic E-state index is 13.1. The van der Waals surface area contributed by atoms with Crippen LogP contribution in [0, 0.1) is 11.8 Å². The van der Waals surface area contributed by atoms with E-state index in [1.807, 2.05) is 0 Å². The first-order valence-corrected chi connectivity index (χ1v) is 47.0. The molecule has 0 aromatic carbocycles. The van der Waals surface area contributed by atoms with Crippen LogP contribution in [0.4, 0.5) is 0 Å². The SMILES string of the molecule is CCCCCCCCCCCCCCCCCCCCCCCC(=O)O[C@H](COC(=O)CCCCCCCCCCCCCCCCCCC)COP(=O)(O)OC[C@@H](O)COP(=O)(O)OC[C@@H](COC(=O)CCCCCCCCCC(C)C)OC(=O)CCCCCCCCCCCCCCCC(C)C. The van der Waals surface area contributed by atoms with Crippen LogP contribution in [0.5, 0.6) is 0 Å². The summed E-state index contributed by atoms with van der Waals surface area (Å²) in [7, 11) is -9.93. The van der Waals surface area contributed by atoms with Gasteiger partial charge in [-0.25, -0.2) is 9.13 Å². The third kappa shape index (κ3) is 78.2. The Morgan fingerprint density at radius 3 is 0.654 bits per heavy atom. The summed E-state index contributed by atoms with van der Waals surface area (Å²) in [5.74, 6) is -0.613. The number of phosphoric ester groups is 2. The van der Waals surface area contributed by atoms with E-state index in [0.717, 1.165) is 102 Å². The highest BCUT2D eigenvalue weighted by Crippen LogP contribution is 2.45. The molecule has 0 heterocycles. The predicted octanol–water partition coefficient (Wildman–Crippen LogP) is 25.8. The summed E-state index contributed by atoms with van der Waals surface area (Å²) in [5, 5.41) is 10.7. The van der Waals surface area contributed by atoms with Crippen LogP contribution in [-0.4, -0.2) is 96.7 Å². The van der Waals surface area contributed by atoms with Gasteiger partial charge < -0.3 is 33.8 Å². The largest absolute Gasteiger partial charge is 0.472 e. The van der Waals surface area contributed by atoms with Crippen LogP contribution in [0.1, 0.15) is 452 Å². The number of esters is 4. The van der Waals surface area contributed by atoms with Crippen molar-refractivity contribution in [2.45, 2.75) is 471 Å².